The number of nitrogens with zero attached hydrogens (tertiary/aromatic N) is 3. The van der Waals surface area contributed by atoms with Gasteiger partial charge in [-0.3, -0.25) is 14.6 Å². The first kappa shape index (κ1) is 26.7. The van der Waals surface area contributed by atoms with Crippen molar-refractivity contribution in [2.45, 2.75) is 33.4 Å². The van der Waals surface area contributed by atoms with E-state index in [9.17, 15) is 19.5 Å². The van der Waals surface area contributed by atoms with E-state index in [1.807, 2.05) is 25.1 Å². The number of pyridine rings is 1. The quantitative estimate of drug-likeness (QED) is 0.425. The molecule has 1 atom stereocenters. The van der Waals surface area contributed by atoms with Crippen LogP contribution in [-0.4, -0.2) is 52.8 Å². The molecule has 0 saturated carbocycles. The summed E-state index contributed by atoms with van der Waals surface area (Å²) in [4.78, 5) is 50.4. The number of ketones is 1. The average molecular weight is 514 g/mol. The number of anilines is 2. The maximum absolute atomic E-state index is 13.9. The third kappa shape index (κ3) is 5.78. The molecule has 0 bridgehead atoms. The van der Waals surface area contributed by atoms with E-state index in [0.717, 1.165) is 12.0 Å². The molecular formula is C29H31N5O4. The number of Topliss-reactive ketones (excluding diaryl/α,β-unsaturated/α-hetero) is 1. The molecule has 0 radical (unpaired) electrons. The third-order valence-electron chi connectivity index (χ3n) is 6.43. The summed E-state index contributed by atoms with van der Waals surface area (Å²) in [6, 6.07) is 19.2. The molecule has 0 aliphatic carbocycles. The second-order valence-electron chi connectivity index (χ2n) is 9.65. The van der Waals surface area contributed by atoms with Gasteiger partial charge in [0.2, 0.25) is 6.17 Å². The number of fused-ring (bicyclic) bond motifs is 1. The van der Waals surface area contributed by atoms with Crippen LogP contribution in [0.25, 0.3) is 0 Å². The molecule has 3 aromatic rings. The zero-order valence-electron chi connectivity index (χ0n) is 21.6. The maximum atomic E-state index is 13.9. The van der Waals surface area contributed by atoms with Crippen molar-refractivity contribution in [1.82, 2.24) is 10.3 Å². The normalized spacial score (nSPS) is 15.3. The van der Waals surface area contributed by atoms with E-state index in [0.29, 0.717) is 28.3 Å². The van der Waals surface area contributed by atoms with Crippen LogP contribution in [0.1, 0.15) is 37.6 Å². The van der Waals surface area contributed by atoms with E-state index >= 15 is 0 Å². The van der Waals surface area contributed by atoms with E-state index in [-0.39, 0.29) is 18.9 Å². The lowest BCUT2D eigenvalue weighted by Gasteiger charge is -2.28. The summed E-state index contributed by atoms with van der Waals surface area (Å²) in [5.74, 6) is -0.910. The predicted molar refractivity (Wildman–Crippen MR) is 146 cm³/mol. The van der Waals surface area contributed by atoms with Gasteiger partial charge >= 0.3 is 6.03 Å². The molecule has 2 aromatic carbocycles. The van der Waals surface area contributed by atoms with E-state index < -0.39 is 23.5 Å². The number of hydrogen-bond acceptors (Lipinski definition) is 6. The molecule has 1 aromatic heterocycles. The number of urea groups is 1. The Bertz CT molecular complexity index is 1370. The number of rotatable bonds is 8. The highest BCUT2D eigenvalue weighted by atomic mass is 16.3. The highest BCUT2D eigenvalue weighted by Crippen LogP contribution is 2.29. The van der Waals surface area contributed by atoms with Crippen molar-refractivity contribution < 1.29 is 19.5 Å². The number of amides is 3. The summed E-state index contributed by atoms with van der Waals surface area (Å²) < 4.78 is 0. The zero-order chi connectivity index (χ0) is 27.3. The molecule has 0 saturated heterocycles. The van der Waals surface area contributed by atoms with Crippen LogP contribution >= 0.6 is 0 Å². The van der Waals surface area contributed by atoms with Gasteiger partial charge in [-0.1, -0.05) is 57.2 Å². The summed E-state index contributed by atoms with van der Waals surface area (Å²) in [6.45, 7) is 4.58. The van der Waals surface area contributed by atoms with Crippen molar-refractivity contribution in [3.63, 3.8) is 0 Å². The molecule has 3 amide bonds. The standard InChI is InChI=1S/C29H31N5O4/c1-4-19-10-9-11-20(16-19)31-28(38)33-26-27(37)34(17-24(36)29(2,3)18-35)23-14-6-5-12-21(23)25(32-26)22-13-7-8-15-30-22/h5-16,26,35H,4,17-18H2,1-3H3,(H2,31,33,38)/t26-/m0/s1. The number of aryl methyl sites for hydroxylation is 1. The first-order valence-corrected chi connectivity index (χ1v) is 12.4. The minimum atomic E-state index is -1.33. The number of hydrogen-bond donors (Lipinski definition) is 3. The van der Waals surface area contributed by atoms with E-state index in [1.54, 1.807) is 68.6 Å². The fourth-order valence-electron chi connectivity index (χ4n) is 4.00. The number of aliphatic imine (C=N–C) groups is 1. The van der Waals surface area contributed by atoms with Crippen LogP contribution < -0.4 is 15.5 Å². The van der Waals surface area contributed by atoms with Crippen molar-refractivity contribution in [2.75, 3.05) is 23.4 Å². The highest BCUT2D eigenvalue weighted by molar-refractivity contribution is 6.20. The van der Waals surface area contributed by atoms with Gasteiger partial charge in [-0.25, -0.2) is 9.79 Å². The molecule has 1 aliphatic heterocycles. The number of benzene rings is 2. The predicted octanol–water partition coefficient (Wildman–Crippen LogP) is 3.56. The van der Waals surface area contributed by atoms with Crippen molar-refractivity contribution in [1.29, 1.82) is 0 Å². The molecule has 2 heterocycles. The van der Waals surface area contributed by atoms with Crippen LogP contribution in [-0.2, 0) is 16.0 Å². The molecule has 9 nitrogen and oxygen atoms in total. The summed E-state index contributed by atoms with van der Waals surface area (Å²) in [7, 11) is 0. The number of aliphatic hydroxyl groups is 1. The largest absolute Gasteiger partial charge is 0.395 e. The lowest BCUT2D eigenvalue weighted by molar-refractivity contribution is -0.129. The first-order chi connectivity index (χ1) is 18.2. The van der Waals surface area contributed by atoms with Gasteiger partial charge in [-0.2, -0.15) is 0 Å². The summed E-state index contributed by atoms with van der Waals surface area (Å²) >= 11 is 0. The molecular weight excluding hydrogens is 482 g/mol. The van der Waals surface area contributed by atoms with Crippen LogP contribution in [0.4, 0.5) is 16.2 Å². The molecule has 3 N–H and O–H groups in total. The number of carbonyl (C=O) groups excluding carboxylic acids is 3. The van der Waals surface area contributed by atoms with E-state index in [2.05, 4.69) is 20.6 Å². The number of carbonyl (C=O) groups is 3. The summed E-state index contributed by atoms with van der Waals surface area (Å²) in [5, 5.41) is 15.2. The Morgan fingerprint density at radius 1 is 1.05 bits per heavy atom. The van der Waals surface area contributed by atoms with Crippen LogP contribution in [0, 0.1) is 5.41 Å². The minimum absolute atomic E-state index is 0.299. The second kappa shape index (κ2) is 11.4. The van der Waals surface area contributed by atoms with Crippen LogP contribution in [0.2, 0.25) is 0 Å². The second-order valence-corrected chi connectivity index (χ2v) is 9.65. The number of benzodiazepines with no additional fused rings is 1. The Hall–Kier alpha value is -4.37. The smallest absolute Gasteiger partial charge is 0.321 e. The molecule has 0 unspecified atom stereocenters. The van der Waals surface area contributed by atoms with Gasteiger partial charge in [-0.15, -0.1) is 0 Å². The number of aromatic nitrogens is 1. The molecule has 196 valence electrons. The van der Waals surface area contributed by atoms with Gasteiger partial charge in [0.05, 0.1) is 30.2 Å². The Morgan fingerprint density at radius 2 is 1.82 bits per heavy atom. The van der Waals surface area contributed by atoms with E-state index in [1.165, 1.54) is 4.90 Å². The van der Waals surface area contributed by atoms with E-state index in [4.69, 9.17) is 0 Å². The summed E-state index contributed by atoms with van der Waals surface area (Å²) in [6.07, 6.45) is 1.09. The fraction of sp³-hybridized carbons (Fsp3) is 0.276. The van der Waals surface area contributed by atoms with Gasteiger partial charge in [0.25, 0.3) is 5.91 Å². The Kier molecular flexibility index (Phi) is 7.97. The molecule has 4 rings (SSSR count). The molecule has 0 spiro atoms. The van der Waals surface area contributed by atoms with Gasteiger partial charge < -0.3 is 20.6 Å². The SMILES string of the molecule is CCc1cccc(NC(=O)N[C@@H]2N=C(c3ccccn3)c3ccccc3N(CC(=O)C(C)(C)CO)C2=O)c1. The lowest BCUT2D eigenvalue weighted by Crippen LogP contribution is -2.51. The lowest BCUT2D eigenvalue weighted by atomic mass is 9.88. The maximum Gasteiger partial charge on any atom is 0.321 e. The molecule has 9 heteroatoms. The topological polar surface area (TPSA) is 124 Å². The molecule has 0 fully saturated rings. The van der Waals surface area contributed by atoms with Crippen LogP contribution in [0.15, 0.2) is 77.9 Å². The van der Waals surface area contributed by atoms with Crippen molar-refractivity contribution in [3.8, 4) is 0 Å². The Morgan fingerprint density at radius 3 is 2.53 bits per heavy atom. The average Bonchev–Trinajstić information content (AvgIpc) is 3.04. The van der Waals surface area contributed by atoms with Crippen LogP contribution in [0.3, 0.4) is 0 Å². The number of nitrogens with one attached hydrogen (secondary N) is 2. The number of aliphatic hydroxyl groups excluding tert-OH is 1. The minimum Gasteiger partial charge on any atom is -0.395 e. The van der Waals surface area contributed by atoms with Gasteiger partial charge in [0, 0.05) is 22.9 Å². The van der Waals surface area contributed by atoms with Crippen molar-refractivity contribution in [2.24, 2.45) is 10.4 Å². The van der Waals surface area contributed by atoms with Gasteiger partial charge in [0.1, 0.15) is 0 Å². The van der Waals surface area contributed by atoms with Crippen molar-refractivity contribution in [3.05, 3.63) is 89.7 Å². The Balaban J connectivity index is 1.74. The van der Waals surface area contributed by atoms with Crippen LogP contribution in [0.5, 0.6) is 0 Å². The molecule has 1 aliphatic rings. The van der Waals surface area contributed by atoms with Gasteiger partial charge in [0.15, 0.2) is 5.78 Å². The number of para-hydroxylation sites is 1. The highest BCUT2D eigenvalue weighted by Gasteiger charge is 2.37. The Labute approximate surface area is 221 Å². The van der Waals surface area contributed by atoms with Crippen molar-refractivity contribution >= 4 is 34.8 Å². The first-order valence-electron chi connectivity index (χ1n) is 12.4. The van der Waals surface area contributed by atoms with Gasteiger partial charge in [-0.05, 0) is 42.3 Å². The summed E-state index contributed by atoms with van der Waals surface area (Å²) in [5.41, 5.74) is 2.55. The third-order valence-corrected chi connectivity index (χ3v) is 6.43. The monoisotopic (exact) mass is 513 g/mol. The molecule has 38 heavy (non-hydrogen) atoms. The zero-order valence-corrected chi connectivity index (χ0v) is 21.6. The fourth-order valence-corrected chi connectivity index (χ4v) is 4.00.